The van der Waals surface area contributed by atoms with Gasteiger partial charge >= 0.3 is 11.9 Å². The number of esters is 2. The molecule has 0 atom stereocenters. The molecule has 0 aliphatic heterocycles. The molecule has 0 heterocycles. The molecule has 0 fully saturated rings. The van der Waals surface area contributed by atoms with Crippen molar-refractivity contribution in [3.8, 4) is 11.5 Å². The predicted molar refractivity (Wildman–Crippen MR) is 90.5 cm³/mol. The summed E-state index contributed by atoms with van der Waals surface area (Å²) in [5, 5.41) is 0. The van der Waals surface area contributed by atoms with E-state index in [1.807, 2.05) is 0 Å². The maximum absolute atomic E-state index is 11.9. The van der Waals surface area contributed by atoms with E-state index < -0.39 is 0 Å². The Morgan fingerprint density at radius 2 is 1.52 bits per heavy atom. The van der Waals surface area contributed by atoms with Gasteiger partial charge in [0.15, 0.2) is 11.5 Å². The number of carbonyl (C=O) groups is 2. The molecule has 23 heavy (non-hydrogen) atoms. The Hall–Kier alpha value is -1.84. The molecule has 0 aliphatic rings. The molecular weight excluding hydrogens is 292 g/mol. The molecule has 0 unspecified atom stereocenters. The van der Waals surface area contributed by atoms with Crippen LogP contribution in [0.4, 0.5) is 0 Å². The average Bonchev–Trinajstić information content (AvgIpc) is 2.48. The molecule has 0 amide bonds. The highest BCUT2D eigenvalue weighted by atomic mass is 16.6. The molecule has 4 heteroatoms. The molecule has 128 valence electrons. The average molecular weight is 320 g/mol. The van der Waals surface area contributed by atoms with Crippen molar-refractivity contribution < 1.29 is 19.1 Å². The smallest absolute Gasteiger partial charge is 0.313 e. The van der Waals surface area contributed by atoms with E-state index in [9.17, 15) is 9.59 Å². The Labute approximate surface area is 139 Å². The molecule has 0 radical (unpaired) electrons. The summed E-state index contributed by atoms with van der Waals surface area (Å²) in [6.45, 7) is 7.91. The van der Waals surface area contributed by atoms with Crippen molar-refractivity contribution in [2.24, 2.45) is 11.8 Å². The van der Waals surface area contributed by atoms with E-state index in [1.165, 1.54) is 6.42 Å². The van der Waals surface area contributed by atoms with E-state index in [1.54, 1.807) is 38.1 Å². The maximum atomic E-state index is 11.9. The minimum atomic E-state index is -0.345. The number of ether oxygens (including phenoxy) is 2. The molecular formula is C19H28O4. The second-order valence-electron chi connectivity index (χ2n) is 6.49. The lowest BCUT2D eigenvalue weighted by Crippen LogP contribution is -2.16. The van der Waals surface area contributed by atoms with Gasteiger partial charge in [-0.25, -0.2) is 0 Å². The summed E-state index contributed by atoms with van der Waals surface area (Å²) >= 11 is 0. The van der Waals surface area contributed by atoms with E-state index in [4.69, 9.17) is 9.47 Å². The zero-order chi connectivity index (χ0) is 17.2. The zero-order valence-electron chi connectivity index (χ0n) is 14.6. The second kappa shape index (κ2) is 10.0. The van der Waals surface area contributed by atoms with Crippen LogP contribution in [0.15, 0.2) is 24.3 Å². The van der Waals surface area contributed by atoms with E-state index in [0.717, 1.165) is 19.3 Å². The van der Waals surface area contributed by atoms with Crippen LogP contribution in [-0.4, -0.2) is 11.9 Å². The Balaban J connectivity index is 2.47. The highest BCUT2D eigenvalue weighted by Crippen LogP contribution is 2.27. The van der Waals surface area contributed by atoms with E-state index >= 15 is 0 Å². The quantitative estimate of drug-likeness (QED) is 0.374. The van der Waals surface area contributed by atoms with E-state index in [2.05, 4.69) is 13.8 Å². The Morgan fingerprint density at radius 1 is 0.913 bits per heavy atom. The van der Waals surface area contributed by atoms with Gasteiger partial charge in [0.1, 0.15) is 0 Å². The third kappa shape index (κ3) is 7.82. The van der Waals surface area contributed by atoms with Crippen LogP contribution in [0.3, 0.4) is 0 Å². The third-order valence-corrected chi connectivity index (χ3v) is 3.42. The number of unbranched alkanes of at least 4 members (excludes halogenated alkanes) is 2. The van der Waals surface area contributed by atoms with Crippen LogP contribution in [0.5, 0.6) is 11.5 Å². The van der Waals surface area contributed by atoms with Crippen LogP contribution in [-0.2, 0) is 9.59 Å². The van der Waals surface area contributed by atoms with Gasteiger partial charge in [-0.2, -0.15) is 0 Å². The first-order valence-corrected chi connectivity index (χ1v) is 8.41. The summed E-state index contributed by atoms with van der Waals surface area (Å²) in [5.41, 5.74) is 0. The molecule has 4 nitrogen and oxygen atoms in total. The third-order valence-electron chi connectivity index (χ3n) is 3.42. The maximum Gasteiger partial charge on any atom is 0.313 e. The molecule has 0 aliphatic carbocycles. The fraction of sp³-hybridized carbons (Fsp3) is 0.579. The molecule has 1 rings (SSSR count). The summed E-state index contributed by atoms with van der Waals surface area (Å²) in [4.78, 5) is 23.6. The summed E-state index contributed by atoms with van der Waals surface area (Å²) in [6.07, 6.45) is 4.54. The lowest BCUT2D eigenvalue weighted by Gasteiger charge is -2.11. The molecule has 0 saturated carbocycles. The summed E-state index contributed by atoms with van der Waals surface area (Å²) in [7, 11) is 0. The largest absolute Gasteiger partial charge is 0.423 e. The van der Waals surface area contributed by atoms with E-state index in [0.29, 0.717) is 23.8 Å². The Kier molecular flexibility index (Phi) is 8.38. The molecule has 0 aromatic heterocycles. The standard InChI is InChI=1S/C19H28O4/c1-14(2)10-6-5-7-13-18(20)22-16-11-8-9-12-17(16)23-19(21)15(3)4/h8-9,11-12,14-15H,5-7,10,13H2,1-4H3. The van der Waals surface area contributed by atoms with Crippen LogP contribution < -0.4 is 9.47 Å². The van der Waals surface area contributed by atoms with Crippen molar-refractivity contribution in [1.82, 2.24) is 0 Å². The lowest BCUT2D eigenvalue weighted by atomic mass is 10.0. The molecule has 1 aromatic carbocycles. The monoisotopic (exact) mass is 320 g/mol. The van der Waals surface area contributed by atoms with Gasteiger partial charge < -0.3 is 9.47 Å². The number of rotatable bonds is 9. The number of carbonyl (C=O) groups excluding carboxylic acids is 2. The van der Waals surface area contributed by atoms with Crippen LogP contribution in [0.25, 0.3) is 0 Å². The number of benzene rings is 1. The summed E-state index contributed by atoms with van der Waals surface area (Å²) < 4.78 is 10.6. The number of hydrogen-bond acceptors (Lipinski definition) is 4. The normalized spacial score (nSPS) is 10.9. The first-order chi connectivity index (χ1) is 10.9. The van der Waals surface area contributed by atoms with Gasteiger partial charge in [-0.3, -0.25) is 9.59 Å². The topological polar surface area (TPSA) is 52.6 Å². The first-order valence-electron chi connectivity index (χ1n) is 8.41. The van der Waals surface area contributed by atoms with Gasteiger partial charge in [0.25, 0.3) is 0 Å². The van der Waals surface area contributed by atoms with Crippen LogP contribution >= 0.6 is 0 Å². The van der Waals surface area contributed by atoms with Crippen molar-refractivity contribution in [1.29, 1.82) is 0 Å². The number of hydrogen-bond donors (Lipinski definition) is 0. The molecule has 0 saturated heterocycles. The Bertz CT molecular complexity index is 506. The molecule has 1 aromatic rings. The van der Waals surface area contributed by atoms with Crippen LogP contribution in [0.1, 0.15) is 59.8 Å². The fourth-order valence-corrected chi connectivity index (χ4v) is 2.02. The van der Waals surface area contributed by atoms with Gasteiger partial charge in [-0.1, -0.05) is 59.1 Å². The molecule has 0 N–H and O–H groups in total. The highest BCUT2D eigenvalue weighted by Gasteiger charge is 2.15. The second-order valence-corrected chi connectivity index (χ2v) is 6.49. The minimum absolute atomic E-state index is 0.236. The van der Waals surface area contributed by atoms with Gasteiger partial charge in [-0.05, 0) is 24.5 Å². The van der Waals surface area contributed by atoms with Gasteiger partial charge in [0, 0.05) is 6.42 Å². The lowest BCUT2D eigenvalue weighted by molar-refractivity contribution is -0.139. The van der Waals surface area contributed by atoms with Crippen LogP contribution in [0, 0.1) is 11.8 Å². The van der Waals surface area contributed by atoms with Gasteiger partial charge in [-0.15, -0.1) is 0 Å². The van der Waals surface area contributed by atoms with Crippen molar-refractivity contribution in [3.63, 3.8) is 0 Å². The highest BCUT2D eigenvalue weighted by molar-refractivity contribution is 5.77. The van der Waals surface area contributed by atoms with Crippen molar-refractivity contribution in [3.05, 3.63) is 24.3 Å². The predicted octanol–water partition coefficient (Wildman–Crippen LogP) is 4.76. The van der Waals surface area contributed by atoms with Gasteiger partial charge in [0.05, 0.1) is 5.92 Å². The van der Waals surface area contributed by atoms with Crippen molar-refractivity contribution >= 4 is 11.9 Å². The number of para-hydroxylation sites is 2. The zero-order valence-corrected chi connectivity index (χ0v) is 14.6. The van der Waals surface area contributed by atoms with Crippen LogP contribution in [0.2, 0.25) is 0 Å². The summed E-state index contributed by atoms with van der Waals surface area (Å²) in [6, 6.07) is 6.76. The van der Waals surface area contributed by atoms with Crippen molar-refractivity contribution in [2.45, 2.75) is 59.8 Å². The summed E-state index contributed by atoms with van der Waals surface area (Å²) in [5.74, 6) is 0.419. The molecule has 0 bridgehead atoms. The van der Waals surface area contributed by atoms with Crippen molar-refractivity contribution in [2.75, 3.05) is 0 Å². The molecule has 0 spiro atoms. The first kappa shape index (κ1) is 19.2. The van der Waals surface area contributed by atoms with Gasteiger partial charge in [0.2, 0.25) is 0 Å². The van der Waals surface area contributed by atoms with E-state index in [-0.39, 0.29) is 17.9 Å². The fourth-order valence-electron chi connectivity index (χ4n) is 2.02. The minimum Gasteiger partial charge on any atom is -0.423 e. The Morgan fingerprint density at radius 3 is 2.09 bits per heavy atom. The SMILES string of the molecule is CC(C)CCCCCC(=O)Oc1ccccc1OC(=O)C(C)C.